The maximum Gasteiger partial charge on any atom is 0.259 e. The molecule has 7 nitrogen and oxygen atoms in total. The lowest BCUT2D eigenvalue weighted by molar-refractivity contribution is 0.102. The molecular weight excluding hydrogens is 384 g/mol. The van der Waals surface area contributed by atoms with Gasteiger partial charge in [0.1, 0.15) is 5.82 Å². The molecule has 4 heterocycles. The molecule has 2 aliphatic heterocycles. The number of hydrogen-bond donors (Lipinski definition) is 2. The molecule has 1 amide bonds. The van der Waals surface area contributed by atoms with Crippen LogP contribution in [0.2, 0.25) is 0 Å². The first kappa shape index (κ1) is 18.0. The van der Waals surface area contributed by atoms with Gasteiger partial charge in [0.2, 0.25) is 0 Å². The SMILES string of the molecule is O=C(Nc1nccs1)c1cccc2c1N=C(c1ccc(N3CCNCC3)nc1)C2. The summed E-state index contributed by atoms with van der Waals surface area (Å²) in [6.07, 6.45) is 4.25. The maximum atomic E-state index is 12.7. The molecule has 2 N–H and O–H groups in total. The average Bonchev–Trinajstić information content (AvgIpc) is 3.44. The van der Waals surface area contributed by atoms with Crippen molar-refractivity contribution < 1.29 is 4.79 Å². The summed E-state index contributed by atoms with van der Waals surface area (Å²) in [7, 11) is 0. The zero-order chi connectivity index (χ0) is 19.6. The van der Waals surface area contributed by atoms with E-state index in [1.807, 2.05) is 23.7 Å². The summed E-state index contributed by atoms with van der Waals surface area (Å²) in [6.45, 7) is 3.90. The molecule has 2 aliphatic rings. The van der Waals surface area contributed by atoms with Crippen molar-refractivity contribution in [1.82, 2.24) is 15.3 Å². The number of thiazole rings is 1. The highest BCUT2D eigenvalue weighted by Crippen LogP contribution is 2.33. The molecule has 3 aromatic rings. The van der Waals surface area contributed by atoms with Crippen LogP contribution in [0.1, 0.15) is 21.5 Å². The molecular formula is C21H20N6OS. The van der Waals surface area contributed by atoms with Crippen molar-refractivity contribution in [3.63, 3.8) is 0 Å². The molecule has 0 atom stereocenters. The van der Waals surface area contributed by atoms with Crippen molar-refractivity contribution in [2.45, 2.75) is 6.42 Å². The number of anilines is 2. The van der Waals surface area contributed by atoms with Crippen LogP contribution in [0.3, 0.4) is 0 Å². The van der Waals surface area contributed by atoms with E-state index < -0.39 is 0 Å². The van der Waals surface area contributed by atoms with Crippen LogP contribution >= 0.6 is 11.3 Å². The fraction of sp³-hybridized carbons (Fsp3) is 0.238. The smallest absolute Gasteiger partial charge is 0.259 e. The van der Waals surface area contributed by atoms with Crippen molar-refractivity contribution in [1.29, 1.82) is 0 Å². The largest absolute Gasteiger partial charge is 0.354 e. The number of aromatic nitrogens is 2. The maximum absolute atomic E-state index is 12.7. The average molecular weight is 404 g/mol. The van der Waals surface area contributed by atoms with Crippen LogP contribution in [0.25, 0.3) is 0 Å². The Hall–Kier alpha value is -3.10. The van der Waals surface area contributed by atoms with E-state index in [1.54, 1.807) is 12.3 Å². The second-order valence-corrected chi connectivity index (χ2v) is 7.88. The van der Waals surface area contributed by atoms with E-state index in [9.17, 15) is 4.79 Å². The second kappa shape index (κ2) is 7.73. The molecule has 0 spiro atoms. The Bertz CT molecular complexity index is 1060. The highest BCUT2D eigenvalue weighted by atomic mass is 32.1. The number of rotatable bonds is 4. The summed E-state index contributed by atoms with van der Waals surface area (Å²) in [5.41, 5.74) is 4.29. The first-order chi connectivity index (χ1) is 14.3. The van der Waals surface area contributed by atoms with Gasteiger partial charge in [-0.1, -0.05) is 12.1 Å². The Morgan fingerprint density at radius 1 is 1.14 bits per heavy atom. The minimum atomic E-state index is -0.186. The summed E-state index contributed by atoms with van der Waals surface area (Å²) in [6, 6.07) is 9.86. The lowest BCUT2D eigenvalue weighted by Crippen LogP contribution is -2.43. The zero-order valence-corrected chi connectivity index (χ0v) is 16.6. The molecule has 2 aromatic heterocycles. The lowest BCUT2D eigenvalue weighted by atomic mass is 10.0. The summed E-state index contributed by atoms with van der Waals surface area (Å²) < 4.78 is 0. The van der Waals surface area contributed by atoms with Crippen LogP contribution in [0.15, 0.2) is 53.1 Å². The van der Waals surface area contributed by atoms with Crippen LogP contribution < -0.4 is 15.5 Å². The third-order valence-corrected chi connectivity index (χ3v) is 5.83. The monoisotopic (exact) mass is 404 g/mol. The van der Waals surface area contributed by atoms with E-state index in [4.69, 9.17) is 4.99 Å². The number of aliphatic imine (C=N–C) groups is 1. The number of carbonyl (C=O) groups excluding carboxylic acids is 1. The van der Waals surface area contributed by atoms with Gasteiger partial charge in [0.05, 0.1) is 17.0 Å². The Balaban J connectivity index is 1.38. The fourth-order valence-electron chi connectivity index (χ4n) is 3.66. The number of para-hydroxylation sites is 1. The normalized spacial score (nSPS) is 15.7. The van der Waals surface area contributed by atoms with Crippen LogP contribution in [-0.4, -0.2) is 47.8 Å². The molecule has 1 saturated heterocycles. The Kier molecular flexibility index (Phi) is 4.79. The minimum Gasteiger partial charge on any atom is -0.354 e. The summed E-state index contributed by atoms with van der Waals surface area (Å²) >= 11 is 1.39. The topological polar surface area (TPSA) is 82.5 Å². The third kappa shape index (κ3) is 3.64. The summed E-state index contributed by atoms with van der Waals surface area (Å²) in [5, 5.41) is 8.61. The van der Waals surface area contributed by atoms with Crippen LogP contribution in [0, 0.1) is 0 Å². The number of hydrogen-bond acceptors (Lipinski definition) is 7. The van der Waals surface area contributed by atoms with Crippen molar-refractivity contribution in [2.24, 2.45) is 4.99 Å². The van der Waals surface area contributed by atoms with Gasteiger partial charge in [-0.25, -0.2) is 9.97 Å². The first-order valence-electron chi connectivity index (χ1n) is 9.60. The Labute approximate surface area is 172 Å². The van der Waals surface area contributed by atoms with Crippen molar-refractivity contribution in [3.8, 4) is 0 Å². The van der Waals surface area contributed by atoms with Gasteiger partial charge in [-0.15, -0.1) is 11.3 Å². The molecule has 0 bridgehead atoms. The molecule has 8 heteroatoms. The van der Waals surface area contributed by atoms with Crippen LogP contribution in [0.5, 0.6) is 0 Å². The van der Waals surface area contributed by atoms with Gasteiger partial charge < -0.3 is 10.2 Å². The molecule has 29 heavy (non-hydrogen) atoms. The number of benzene rings is 1. The van der Waals surface area contributed by atoms with Gasteiger partial charge in [0.15, 0.2) is 5.13 Å². The van der Waals surface area contributed by atoms with E-state index in [0.717, 1.165) is 54.5 Å². The molecule has 146 valence electrons. The lowest BCUT2D eigenvalue weighted by Gasteiger charge is -2.28. The van der Waals surface area contributed by atoms with E-state index in [-0.39, 0.29) is 5.91 Å². The van der Waals surface area contributed by atoms with Crippen LogP contribution in [-0.2, 0) is 6.42 Å². The predicted octanol–water partition coefficient (Wildman–Crippen LogP) is 2.88. The second-order valence-electron chi connectivity index (χ2n) is 6.98. The molecule has 0 unspecified atom stereocenters. The Morgan fingerprint density at radius 3 is 2.79 bits per heavy atom. The minimum absolute atomic E-state index is 0.186. The van der Waals surface area contributed by atoms with E-state index in [0.29, 0.717) is 17.1 Å². The van der Waals surface area contributed by atoms with Gasteiger partial charge in [-0.2, -0.15) is 0 Å². The van der Waals surface area contributed by atoms with Crippen molar-refractivity contribution in [2.75, 3.05) is 36.4 Å². The summed E-state index contributed by atoms with van der Waals surface area (Å²) in [4.78, 5) is 28.5. The quantitative estimate of drug-likeness (QED) is 0.699. The highest BCUT2D eigenvalue weighted by molar-refractivity contribution is 7.13. The number of piperazine rings is 1. The highest BCUT2D eigenvalue weighted by Gasteiger charge is 2.23. The number of carbonyl (C=O) groups is 1. The fourth-order valence-corrected chi connectivity index (χ4v) is 4.18. The van der Waals surface area contributed by atoms with E-state index in [1.165, 1.54) is 11.3 Å². The van der Waals surface area contributed by atoms with Gasteiger partial charge in [0.25, 0.3) is 5.91 Å². The van der Waals surface area contributed by atoms with Gasteiger partial charge >= 0.3 is 0 Å². The van der Waals surface area contributed by atoms with Gasteiger partial charge in [0, 0.05) is 55.9 Å². The van der Waals surface area contributed by atoms with E-state index in [2.05, 4.69) is 37.6 Å². The zero-order valence-electron chi connectivity index (χ0n) is 15.8. The molecule has 1 fully saturated rings. The molecule has 0 saturated carbocycles. The van der Waals surface area contributed by atoms with E-state index >= 15 is 0 Å². The standard InChI is InChI=1S/C21H20N6OS/c28-20(26-21-23-8-11-29-21)16-3-1-2-14-12-17(25-19(14)16)15-4-5-18(24-13-15)27-9-6-22-7-10-27/h1-5,8,11,13,22H,6-7,9-10,12H2,(H,23,26,28). The molecule has 0 aliphatic carbocycles. The predicted molar refractivity (Wildman–Crippen MR) is 116 cm³/mol. The van der Waals surface area contributed by atoms with Crippen LogP contribution in [0.4, 0.5) is 16.6 Å². The number of amides is 1. The van der Waals surface area contributed by atoms with Gasteiger partial charge in [-0.05, 0) is 23.8 Å². The Morgan fingerprint density at radius 2 is 2.03 bits per heavy atom. The molecule has 1 aromatic carbocycles. The summed E-state index contributed by atoms with van der Waals surface area (Å²) in [5.74, 6) is 0.809. The first-order valence-corrected chi connectivity index (χ1v) is 10.5. The number of nitrogens with one attached hydrogen (secondary N) is 2. The van der Waals surface area contributed by atoms with Gasteiger partial charge in [-0.3, -0.25) is 15.1 Å². The van der Waals surface area contributed by atoms with Crippen molar-refractivity contribution in [3.05, 3.63) is 64.8 Å². The van der Waals surface area contributed by atoms with Crippen molar-refractivity contribution >= 4 is 39.6 Å². The number of pyridine rings is 1. The number of fused-ring (bicyclic) bond motifs is 1. The number of nitrogens with zero attached hydrogens (tertiary/aromatic N) is 4. The molecule has 5 rings (SSSR count). The third-order valence-electron chi connectivity index (χ3n) is 5.14. The molecule has 0 radical (unpaired) electrons.